The fraction of sp³-hybridized carbons (Fsp3) is 0.471. The minimum absolute atomic E-state index is 0.133. The van der Waals surface area contributed by atoms with Crippen LogP contribution in [-0.4, -0.2) is 82.6 Å². The van der Waals surface area contributed by atoms with E-state index < -0.39 is 46.4 Å². The summed E-state index contributed by atoms with van der Waals surface area (Å²) in [6.45, 7) is 10.7. The Balaban J connectivity index is 1.30. The van der Waals surface area contributed by atoms with Gasteiger partial charge in [-0.3, -0.25) is 9.36 Å². The molecule has 0 bridgehead atoms. The molecule has 0 radical (unpaired) electrons. The summed E-state index contributed by atoms with van der Waals surface area (Å²) in [4.78, 5) is 47.3. The normalized spacial score (nSPS) is 15.8. The molecule has 264 valence electrons. The minimum Gasteiger partial charge on any atom is -0.408 e. The lowest BCUT2D eigenvalue weighted by Gasteiger charge is -2.33. The van der Waals surface area contributed by atoms with Gasteiger partial charge in [-0.05, 0) is 42.9 Å². The number of aryl methyl sites for hydroxylation is 1. The number of benzene rings is 2. The summed E-state index contributed by atoms with van der Waals surface area (Å²) in [7, 11) is -4.15. The zero-order valence-electron chi connectivity index (χ0n) is 28.3. The molecule has 0 spiro atoms. The molecule has 3 heterocycles. The number of aliphatic hydroxyl groups is 1. The number of amides is 3. The first-order valence-electron chi connectivity index (χ1n) is 16.4. The lowest BCUT2D eigenvalue weighted by atomic mass is 9.98. The van der Waals surface area contributed by atoms with Crippen molar-refractivity contribution in [2.75, 3.05) is 19.6 Å². The fourth-order valence-corrected chi connectivity index (χ4v) is 7.75. The number of aliphatic hydroxyl groups excluding tert-OH is 1. The third kappa shape index (κ3) is 8.58. The Morgan fingerprint density at radius 1 is 1.08 bits per heavy atom. The second-order valence-electron chi connectivity index (χ2n) is 13.2. The summed E-state index contributed by atoms with van der Waals surface area (Å²) in [6.07, 6.45) is -1.12. The van der Waals surface area contributed by atoms with Gasteiger partial charge in [0.25, 0.3) is 0 Å². The first-order valence-corrected chi connectivity index (χ1v) is 18.7. The number of oxazole rings is 1. The van der Waals surface area contributed by atoms with Crippen LogP contribution in [0.4, 0.5) is 4.79 Å². The van der Waals surface area contributed by atoms with Crippen molar-refractivity contribution in [3.05, 3.63) is 80.7 Å². The van der Waals surface area contributed by atoms with Crippen LogP contribution < -0.4 is 15.8 Å². The third-order valence-electron chi connectivity index (χ3n) is 8.45. The molecule has 1 saturated heterocycles. The van der Waals surface area contributed by atoms with Gasteiger partial charge in [0, 0.05) is 37.6 Å². The van der Waals surface area contributed by atoms with Gasteiger partial charge in [-0.1, -0.05) is 58.0 Å². The Labute approximate surface area is 290 Å². The van der Waals surface area contributed by atoms with Gasteiger partial charge in [0.2, 0.25) is 15.9 Å². The Hall–Kier alpha value is -4.05. The highest BCUT2D eigenvalue weighted by molar-refractivity contribution is 7.89. The van der Waals surface area contributed by atoms with Crippen LogP contribution in [0, 0.1) is 18.8 Å². The molecule has 1 aliphatic rings. The molecule has 4 aromatic rings. The number of hydrogen-bond donors (Lipinski definition) is 3. The number of sulfonamides is 1. The van der Waals surface area contributed by atoms with Crippen molar-refractivity contribution in [1.29, 1.82) is 0 Å². The molecule has 3 amide bonds. The average Bonchev–Trinajstić information content (AvgIpc) is 3.72. The number of carbonyl (C=O) groups is 2. The fourth-order valence-electron chi connectivity index (χ4n) is 6.08. The molecule has 0 aliphatic carbocycles. The van der Waals surface area contributed by atoms with Crippen LogP contribution in [0.5, 0.6) is 0 Å². The van der Waals surface area contributed by atoms with E-state index in [1.54, 1.807) is 9.80 Å². The molecule has 0 saturated carbocycles. The van der Waals surface area contributed by atoms with E-state index in [0.29, 0.717) is 31.7 Å². The number of thiazole rings is 1. The summed E-state index contributed by atoms with van der Waals surface area (Å²) in [6, 6.07) is 11.4. The lowest BCUT2D eigenvalue weighted by molar-refractivity contribution is -0.128. The van der Waals surface area contributed by atoms with Gasteiger partial charge in [-0.2, -0.15) is 0 Å². The Bertz CT molecular complexity index is 1940. The van der Waals surface area contributed by atoms with Gasteiger partial charge in [0.05, 0.1) is 39.8 Å². The maximum atomic E-state index is 13.9. The van der Waals surface area contributed by atoms with E-state index in [-0.39, 0.29) is 34.8 Å². The first-order chi connectivity index (χ1) is 23.2. The van der Waals surface area contributed by atoms with E-state index in [0.717, 1.165) is 16.3 Å². The van der Waals surface area contributed by atoms with Gasteiger partial charge in [0.1, 0.15) is 6.04 Å². The number of aromatic nitrogens is 2. The van der Waals surface area contributed by atoms with E-state index in [4.69, 9.17) is 4.42 Å². The molecule has 2 aromatic heterocycles. The quantitative estimate of drug-likeness (QED) is 0.169. The molecule has 13 nitrogen and oxygen atoms in total. The lowest BCUT2D eigenvalue weighted by Crippen LogP contribution is -2.57. The number of rotatable bonds is 15. The molecule has 2 aromatic carbocycles. The first kappa shape index (κ1) is 36.2. The molecule has 15 heteroatoms. The molecule has 3 N–H and O–H groups in total. The maximum absolute atomic E-state index is 13.9. The number of urea groups is 1. The Morgan fingerprint density at radius 3 is 2.47 bits per heavy atom. The maximum Gasteiger partial charge on any atom is 0.419 e. The van der Waals surface area contributed by atoms with Gasteiger partial charge < -0.3 is 24.6 Å². The highest BCUT2D eigenvalue weighted by Gasteiger charge is 2.40. The van der Waals surface area contributed by atoms with Crippen LogP contribution in [0.3, 0.4) is 0 Å². The zero-order chi connectivity index (χ0) is 35.5. The number of hydrogen-bond acceptors (Lipinski definition) is 9. The van der Waals surface area contributed by atoms with E-state index in [1.807, 2.05) is 70.3 Å². The zero-order valence-corrected chi connectivity index (χ0v) is 30.0. The monoisotopic (exact) mass is 712 g/mol. The van der Waals surface area contributed by atoms with Gasteiger partial charge in [-0.15, -0.1) is 11.3 Å². The van der Waals surface area contributed by atoms with E-state index in [9.17, 15) is 27.9 Å². The second kappa shape index (κ2) is 15.2. The topological polar surface area (TPSA) is 167 Å². The Kier molecular flexibility index (Phi) is 11.3. The molecular weight excluding hydrogens is 669 g/mol. The van der Waals surface area contributed by atoms with Crippen molar-refractivity contribution in [1.82, 2.24) is 29.4 Å². The van der Waals surface area contributed by atoms with Crippen LogP contribution >= 0.6 is 11.3 Å². The molecule has 5 rings (SSSR count). The van der Waals surface area contributed by atoms with Crippen molar-refractivity contribution >= 4 is 44.4 Å². The van der Waals surface area contributed by atoms with Crippen LogP contribution in [0.1, 0.15) is 44.0 Å². The van der Waals surface area contributed by atoms with Gasteiger partial charge >= 0.3 is 11.8 Å². The molecule has 1 fully saturated rings. The molecule has 3 atom stereocenters. The number of nitrogens with zero attached hydrogens (tertiary/aromatic N) is 4. The van der Waals surface area contributed by atoms with Gasteiger partial charge in [-0.25, -0.2) is 27.7 Å². The highest BCUT2D eigenvalue weighted by Crippen LogP contribution is 2.23. The number of carbonyl (C=O) groups excluding carboxylic acids is 2. The summed E-state index contributed by atoms with van der Waals surface area (Å²) in [5.41, 5.74) is 2.25. The molecular formula is C34H44N6O7S2. The van der Waals surface area contributed by atoms with E-state index >= 15 is 0 Å². The van der Waals surface area contributed by atoms with Crippen molar-refractivity contribution < 1.29 is 27.5 Å². The summed E-state index contributed by atoms with van der Waals surface area (Å²) >= 11 is 1.51. The second-order valence-corrected chi connectivity index (χ2v) is 16.0. The summed E-state index contributed by atoms with van der Waals surface area (Å²) in [5.74, 6) is -1.08. The highest BCUT2D eigenvalue weighted by atomic mass is 32.2. The van der Waals surface area contributed by atoms with E-state index in [1.165, 1.54) is 34.1 Å². The minimum atomic E-state index is -4.15. The predicted octanol–water partition coefficient (Wildman–Crippen LogP) is 3.34. The van der Waals surface area contributed by atoms with Crippen LogP contribution in [0.25, 0.3) is 11.1 Å². The van der Waals surface area contributed by atoms with Crippen molar-refractivity contribution in [2.24, 2.45) is 11.8 Å². The van der Waals surface area contributed by atoms with Crippen LogP contribution in [-0.2, 0) is 34.3 Å². The standard InChI is InChI=1S/C34H44N6O7S2/c1-21(2)18-40-28-12-11-26(16-30(28)47-34(40)44)49(45,46)35-17-29(41)27(15-24-9-7-6-8-10-24)37-32(42)31(22(3)4)39-14-13-38(33(39)43)19-25-20-48-23(5)36-25/h6-12,16,20-22,27,29,31,35,41H,13-15,17-19H2,1-5H3,(H,37,42)/t27-,29?,31+/m0/s1. The molecule has 49 heavy (non-hydrogen) atoms. The molecule has 1 unspecified atom stereocenters. The van der Waals surface area contributed by atoms with Crippen molar-refractivity contribution in [3.63, 3.8) is 0 Å². The largest absolute Gasteiger partial charge is 0.419 e. The predicted molar refractivity (Wildman–Crippen MR) is 187 cm³/mol. The van der Waals surface area contributed by atoms with Crippen molar-refractivity contribution in [3.8, 4) is 0 Å². The Morgan fingerprint density at radius 2 is 1.82 bits per heavy atom. The number of nitrogens with one attached hydrogen (secondary N) is 2. The van der Waals surface area contributed by atoms with Crippen LogP contribution in [0.2, 0.25) is 0 Å². The summed E-state index contributed by atoms with van der Waals surface area (Å²) < 4.78 is 35.9. The van der Waals surface area contributed by atoms with Crippen molar-refractivity contribution in [2.45, 2.75) is 77.2 Å². The third-order valence-corrected chi connectivity index (χ3v) is 10.7. The number of fused-ring (bicyclic) bond motifs is 1. The average molecular weight is 713 g/mol. The van der Waals surface area contributed by atoms with E-state index in [2.05, 4.69) is 15.0 Å². The van der Waals surface area contributed by atoms with Gasteiger partial charge in [0.15, 0.2) is 5.58 Å². The SMILES string of the molecule is Cc1nc(CN2CCN([C@@H](C(=O)N[C@@H](Cc3ccccc3)C(O)CNS(=O)(=O)c3ccc4c(c3)oc(=O)n4CC(C)C)C(C)C)C2=O)cs1. The molecule has 1 aliphatic heterocycles. The van der Waals surface area contributed by atoms with Crippen LogP contribution in [0.15, 0.2) is 68.0 Å². The summed E-state index contributed by atoms with van der Waals surface area (Å²) in [5, 5.41) is 17.1. The smallest absolute Gasteiger partial charge is 0.408 e.